The molecule has 0 bridgehead atoms. The van der Waals surface area contributed by atoms with Gasteiger partial charge in [0.2, 0.25) is 0 Å². The number of ether oxygens (including phenoxy) is 1. The van der Waals surface area contributed by atoms with Crippen molar-refractivity contribution in [1.29, 1.82) is 0 Å². The van der Waals surface area contributed by atoms with Crippen LogP contribution in [0.2, 0.25) is 0 Å². The highest BCUT2D eigenvalue weighted by atomic mass is 19.1. The molecule has 1 aromatic carbocycles. The molecule has 0 unspecified atom stereocenters. The first-order chi connectivity index (χ1) is 10.4. The first-order valence-electron chi connectivity index (χ1n) is 6.95. The lowest BCUT2D eigenvalue weighted by Gasteiger charge is -2.26. The van der Waals surface area contributed by atoms with Gasteiger partial charge in [0.15, 0.2) is 0 Å². The van der Waals surface area contributed by atoms with Crippen LogP contribution in [-0.2, 0) is 9.53 Å². The summed E-state index contributed by atoms with van der Waals surface area (Å²) >= 11 is 0. The maximum absolute atomic E-state index is 12.9. The van der Waals surface area contributed by atoms with Gasteiger partial charge in [-0.25, -0.2) is 9.18 Å². The third-order valence-electron chi connectivity index (χ3n) is 4.02. The summed E-state index contributed by atoms with van der Waals surface area (Å²) < 4.78 is 17.7. The van der Waals surface area contributed by atoms with Crippen LogP contribution >= 0.6 is 0 Å². The van der Waals surface area contributed by atoms with Crippen molar-refractivity contribution in [2.24, 2.45) is 11.7 Å². The molecule has 5 nitrogen and oxygen atoms in total. The third-order valence-corrected chi connectivity index (χ3v) is 4.02. The molecule has 6 heteroatoms. The molecule has 1 heterocycles. The summed E-state index contributed by atoms with van der Waals surface area (Å²) in [5, 5.41) is 0. The number of halogens is 1. The van der Waals surface area contributed by atoms with E-state index in [0.717, 1.165) is 0 Å². The van der Waals surface area contributed by atoms with Crippen LogP contribution in [0.4, 0.5) is 4.39 Å². The lowest BCUT2D eigenvalue weighted by molar-refractivity contribution is -0.147. The molecule has 0 aliphatic carbocycles. The number of rotatable bonds is 4. The molecule has 1 fully saturated rings. The number of methoxy groups -OCH3 is 1. The molecule has 118 valence electrons. The van der Waals surface area contributed by atoms with Gasteiger partial charge in [0.25, 0.3) is 5.91 Å². The summed E-state index contributed by atoms with van der Waals surface area (Å²) in [7, 11) is 1.27. The van der Waals surface area contributed by atoms with E-state index in [1.54, 1.807) is 6.08 Å². The molecular formula is C16H19FN2O3. The first-order valence-corrected chi connectivity index (χ1v) is 6.95. The Bertz CT molecular complexity index is 588. The van der Waals surface area contributed by atoms with Crippen LogP contribution in [0.1, 0.15) is 16.8 Å². The number of benzene rings is 1. The van der Waals surface area contributed by atoms with E-state index >= 15 is 0 Å². The Morgan fingerprint density at radius 1 is 1.50 bits per heavy atom. The molecule has 2 N–H and O–H groups in total. The second-order valence-electron chi connectivity index (χ2n) is 5.45. The van der Waals surface area contributed by atoms with Gasteiger partial charge in [-0.2, -0.15) is 0 Å². The lowest BCUT2D eigenvalue weighted by atomic mass is 9.86. The number of amides is 1. The summed E-state index contributed by atoms with van der Waals surface area (Å²) in [6, 6.07) is 5.27. The van der Waals surface area contributed by atoms with Crippen LogP contribution in [0.25, 0.3) is 0 Å². The second-order valence-corrected chi connectivity index (χ2v) is 5.45. The number of carbonyl (C=O) groups excluding carboxylic acids is 2. The molecule has 2 rings (SSSR count). The number of likely N-dealkylation sites (tertiary alicyclic amines) is 1. The molecular weight excluding hydrogens is 287 g/mol. The minimum atomic E-state index is -1.25. The van der Waals surface area contributed by atoms with Gasteiger partial charge in [-0.15, -0.1) is 6.58 Å². The Balaban J connectivity index is 2.23. The maximum atomic E-state index is 12.9. The van der Waals surface area contributed by atoms with E-state index in [4.69, 9.17) is 10.5 Å². The van der Waals surface area contributed by atoms with E-state index < -0.39 is 17.3 Å². The highest BCUT2D eigenvalue weighted by Crippen LogP contribution is 2.30. The van der Waals surface area contributed by atoms with Gasteiger partial charge in [-0.05, 0) is 30.7 Å². The van der Waals surface area contributed by atoms with Crippen molar-refractivity contribution in [2.45, 2.75) is 12.0 Å². The minimum Gasteiger partial charge on any atom is -0.468 e. The zero-order valence-corrected chi connectivity index (χ0v) is 12.4. The number of esters is 1. The Morgan fingerprint density at radius 3 is 2.68 bits per heavy atom. The average molecular weight is 306 g/mol. The summed E-state index contributed by atoms with van der Waals surface area (Å²) in [4.78, 5) is 26.0. The van der Waals surface area contributed by atoms with Gasteiger partial charge in [-0.1, -0.05) is 6.08 Å². The minimum absolute atomic E-state index is 0.0639. The van der Waals surface area contributed by atoms with Crippen molar-refractivity contribution in [3.8, 4) is 0 Å². The van der Waals surface area contributed by atoms with Gasteiger partial charge < -0.3 is 15.4 Å². The van der Waals surface area contributed by atoms with Gasteiger partial charge in [0, 0.05) is 18.0 Å². The maximum Gasteiger partial charge on any atom is 0.328 e. The summed E-state index contributed by atoms with van der Waals surface area (Å²) in [6.45, 7) is 4.05. The Kier molecular flexibility index (Phi) is 4.61. The predicted molar refractivity (Wildman–Crippen MR) is 79.5 cm³/mol. The normalized spacial score (nSPS) is 24.1. The lowest BCUT2D eigenvalue weighted by Crippen LogP contribution is -2.55. The Morgan fingerprint density at radius 2 is 2.14 bits per heavy atom. The molecule has 1 amide bonds. The molecule has 0 radical (unpaired) electrons. The van der Waals surface area contributed by atoms with Crippen molar-refractivity contribution < 1.29 is 18.7 Å². The topological polar surface area (TPSA) is 72.6 Å². The van der Waals surface area contributed by atoms with E-state index in [-0.39, 0.29) is 18.4 Å². The number of hydrogen-bond donors (Lipinski definition) is 1. The predicted octanol–water partition coefficient (Wildman–Crippen LogP) is 1.34. The van der Waals surface area contributed by atoms with Crippen LogP contribution in [0.3, 0.4) is 0 Å². The third kappa shape index (κ3) is 2.87. The van der Waals surface area contributed by atoms with Crippen molar-refractivity contribution in [2.75, 3.05) is 20.2 Å². The summed E-state index contributed by atoms with van der Waals surface area (Å²) in [5.41, 5.74) is 5.30. The zero-order valence-electron chi connectivity index (χ0n) is 12.4. The zero-order chi connectivity index (χ0) is 16.3. The molecule has 1 aliphatic rings. The molecule has 0 aromatic heterocycles. The second kappa shape index (κ2) is 6.27. The summed E-state index contributed by atoms with van der Waals surface area (Å²) in [6.07, 6.45) is 2.17. The van der Waals surface area contributed by atoms with E-state index in [9.17, 15) is 14.0 Å². The number of nitrogens with two attached hydrogens (primary N) is 1. The Labute approximate surface area is 128 Å². The highest BCUT2D eigenvalue weighted by Gasteiger charge is 2.51. The van der Waals surface area contributed by atoms with E-state index in [1.165, 1.54) is 36.3 Å². The van der Waals surface area contributed by atoms with Crippen molar-refractivity contribution >= 4 is 11.9 Å². The molecule has 22 heavy (non-hydrogen) atoms. The molecule has 1 aromatic rings. The van der Waals surface area contributed by atoms with Crippen LogP contribution in [-0.4, -0.2) is 42.5 Å². The molecule has 0 spiro atoms. The largest absolute Gasteiger partial charge is 0.468 e. The monoisotopic (exact) mass is 306 g/mol. The standard InChI is InChI=1S/C16H19FN2O3/c1-3-4-12-9-19(10-16(12,18)15(21)22-2)14(20)11-5-7-13(17)8-6-11/h3,5-8,12H,1,4,9-10,18H2,2H3/t12-,16-/m0/s1. The van der Waals surface area contributed by atoms with Crippen molar-refractivity contribution in [1.82, 2.24) is 4.90 Å². The van der Waals surface area contributed by atoms with E-state index in [1.807, 2.05) is 0 Å². The van der Waals surface area contributed by atoms with Gasteiger partial charge in [0.05, 0.1) is 13.7 Å². The first kappa shape index (κ1) is 16.2. The smallest absolute Gasteiger partial charge is 0.328 e. The van der Waals surface area contributed by atoms with Crippen LogP contribution in [0, 0.1) is 11.7 Å². The van der Waals surface area contributed by atoms with Gasteiger partial charge in [0.1, 0.15) is 11.4 Å². The molecule has 0 saturated carbocycles. The van der Waals surface area contributed by atoms with Gasteiger partial charge in [-0.3, -0.25) is 4.79 Å². The molecule has 1 aliphatic heterocycles. The van der Waals surface area contributed by atoms with Crippen molar-refractivity contribution in [3.63, 3.8) is 0 Å². The quantitative estimate of drug-likeness (QED) is 0.673. The molecule has 1 saturated heterocycles. The van der Waals surface area contributed by atoms with Crippen molar-refractivity contribution in [3.05, 3.63) is 48.3 Å². The summed E-state index contributed by atoms with van der Waals surface area (Å²) in [5.74, 6) is -1.51. The number of carbonyl (C=O) groups is 2. The van der Waals surface area contributed by atoms with Crippen LogP contribution < -0.4 is 5.73 Å². The fourth-order valence-corrected chi connectivity index (χ4v) is 2.78. The van der Waals surface area contributed by atoms with Crippen LogP contribution in [0.5, 0.6) is 0 Å². The number of nitrogens with zero attached hydrogens (tertiary/aromatic N) is 1. The molecule has 2 atom stereocenters. The fraction of sp³-hybridized carbons (Fsp3) is 0.375. The number of hydrogen-bond acceptors (Lipinski definition) is 4. The van der Waals surface area contributed by atoms with Crippen LogP contribution in [0.15, 0.2) is 36.9 Å². The number of allylic oxidation sites excluding steroid dienone is 1. The van der Waals surface area contributed by atoms with E-state index in [0.29, 0.717) is 18.5 Å². The SMILES string of the molecule is C=CC[C@H]1CN(C(=O)c2ccc(F)cc2)C[C@@]1(N)C(=O)OC. The fourth-order valence-electron chi connectivity index (χ4n) is 2.78. The van der Waals surface area contributed by atoms with Gasteiger partial charge >= 0.3 is 5.97 Å². The van der Waals surface area contributed by atoms with E-state index in [2.05, 4.69) is 6.58 Å². The highest BCUT2D eigenvalue weighted by molar-refractivity contribution is 5.95. The average Bonchev–Trinajstić information content (AvgIpc) is 2.85. The Hall–Kier alpha value is -2.21.